The molecule has 0 unspecified atom stereocenters. The number of piperidine rings is 1. The van der Waals surface area contributed by atoms with Crippen LogP contribution in [0, 0.1) is 6.92 Å². The largest absolute Gasteiger partial charge is 0.496 e. The van der Waals surface area contributed by atoms with Crippen LogP contribution in [0.4, 0.5) is 0 Å². The number of amides is 1. The van der Waals surface area contributed by atoms with Crippen LogP contribution in [0.1, 0.15) is 29.5 Å². The summed E-state index contributed by atoms with van der Waals surface area (Å²) in [6, 6.07) is 16.6. The molecule has 138 valence electrons. The molecule has 1 fully saturated rings. The van der Waals surface area contributed by atoms with Crippen molar-refractivity contribution in [3.63, 3.8) is 0 Å². The fourth-order valence-corrected chi connectivity index (χ4v) is 3.48. The SMILES string of the molecule is COc1ccccc1CN1CCC(NC(=O)Cc2ccc(C)cc2)CC1. The number of hydrogen-bond donors (Lipinski definition) is 1. The van der Waals surface area contributed by atoms with Crippen LogP contribution in [0.25, 0.3) is 0 Å². The van der Waals surface area contributed by atoms with Crippen LogP contribution in [0.2, 0.25) is 0 Å². The summed E-state index contributed by atoms with van der Waals surface area (Å²) in [5.41, 5.74) is 3.51. The van der Waals surface area contributed by atoms with Crippen molar-refractivity contribution in [2.24, 2.45) is 0 Å². The Kier molecular flexibility index (Phi) is 6.29. The van der Waals surface area contributed by atoms with Crippen molar-refractivity contribution in [2.45, 2.75) is 38.8 Å². The van der Waals surface area contributed by atoms with Gasteiger partial charge in [-0.15, -0.1) is 0 Å². The van der Waals surface area contributed by atoms with Gasteiger partial charge in [-0.1, -0.05) is 48.0 Å². The minimum Gasteiger partial charge on any atom is -0.496 e. The highest BCUT2D eigenvalue weighted by Gasteiger charge is 2.21. The second-order valence-corrected chi connectivity index (χ2v) is 7.09. The van der Waals surface area contributed by atoms with Gasteiger partial charge in [-0.05, 0) is 31.4 Å². The average molecular weight is 352 g/mol. The van der Waals surface area contributed by atoms with Gasteiger partial charge in [-0.3, -0.25) is 9.69 Å². The Bertz CT molecular complexity index is 719. The van der Waals surface area contributed by atoms with Crippen molar-refractivity contribution in [3.05, 3.63) is 65.2 Å². The van der Waals surface area contributed by atoms with Gasteiger partial charge in [-0.25, -0.2) is 0 Å². The number of hydrogen-bond acceptors (Lipinski definition) is 3. The van der Waals surface area contributed by atoms with Crippen molar-refractivity contribution in [1.29, 1.82) is 0 Å². The zero-order valence-electron chi connectivity index (χ0n) is 15.7. The Labute approximate surface area is 156 Å². The summed E-state index contributed by atoms with van der Waals surface area (Å²) < 4.78 is 5.44. The van der Waals surface area contributed by atoms with Gasteiger partial charge >= 0.3 is 0 Å². The van der Waals surface area contributed by atoms with Gasteiger partial charge < -0.3 is 10.1 Å². The second kappa shape index (κ2) is 8.86. The van der Waals surface area contributed by atoms with Gasteiger partial charge in [0.25, 0.3) is 0 Å². The first-order valence-electron chi connectivity index (χ1n) is 9.33. The first kappa shape index (κ1) is 18.5. The maximum atomic E-state index is 12.3. The Hall–Kier alpha value is -2.33. The Morgan fingerprint density at radius 2 is 1.81 bits per heavy atom. The number of benzene rings is 2. The zero-order valence-corrected chi connectivity index (χ0v) is 15.7. The summed E-state index contributed by atoms with van der Waals surface area (Å²) in [5, 5.41) is 3.20. The van der Waals surface area contributed by atoms with E-state index < -0.39 is 0 Å². The van der Waals surface area contributed by atoms with Crippen molar-refractivity contribution in [2.75, 3.05) is 20.2 Å². The molecule has 0 bridgehead atoms. The van der Waals surface area contributed by atoms with Crippen molar-refractivity contribution >= 4 is 5.91 Å². The third-order valence-electron chi connectivity index (χ3n) is 5.02. The van der Waals surface area contributed by atoms with Gasteiger partial charge in [0.2, 0.25) is 5.91 Å². The van der Waals surface area contributed by atoms with Crippen LogP contribution in [-0.2, 0) is 17.8 Å². The summed E-state index contributed by atoms with van der Waals surface area (Å²) in [7, 11) is 1.72. The molecule has 3 rings (SSSR count). The van der Waals surface area contributed by atoms with Crippen molar-refractivity contribution in [3.8, 4) is 5.75 Å². The van der Waals surface area contributed by atoms with E-state index in [0.29, 0.717) is 6.42 Å². The standard InChI is InChI=1S/C22H28N2O2/c1-17-7-9-18(10-8-17)15-22(25)23-20-11-13-24(14-12-20)16-19-5-3-4-6-21(19)26-2/h3-10,20H,11-16H2,1-2H3,(H,23,25). The molecule has 2 aromatic rings. The van der Waals surface area contributed by atoms with Crippen LogP contribution >= 0.6 is 0 Å². The predicted molar refractivity (Wildman–Crippen MR) is 104 cm³/mol. The van der Waals surface area contributed by atoms with Crippen LogP contribution < -0.4 is 10.1 Å². The summed E-state index contributed by atoms with van der Waals surface area (Å²) >= 11 is 0. The predicted octanol–water partition coefficient (Wildman–Crippen LogP) is 3.33. The highest BCUT2D eigenvalue weighted by atomic mass is 16.5. The van der Waals surface area contributed by atoms with Crippen LogP contribution in [0.3, 0.4) is 0 Å². The molecule has 2 aromatic carbocycles. The lowest BCUT2D eigenvalue weighted by atomic mass is 10.0. The van der Waals surface area contributed by atoms with E-state index >= 15 is 0 Å². The van der Waals surface area contributed by atoms with Crippen molar-refractivity contribution in [1.82, 2.24) is 10.2 Å². The molecule has 0 aliphatic carbocycles. The van der Waals surface area contributed by atoms with E-state index in [1.165, 1.54) is 11.1 Å². The van der Waals surface area contributed by atoms with Gasteiger partial charge in [0, 0.05) is 31.2 Å². The van der Waals surface area contributed by atoms with Gasteiger partial charge in [0.05, 0.1) is 13.5 Å². The van der Waals surface area contributed by atoms with Crippen molar-refractivity contribution < 1.29 is 9.53 Å². The Morgan fingerprint density at radius 3 is 2.50 bits per heavy atom. The monoisotopic (exact) mass is 352 g/mol. The fourth-order valence-electron chi connectivity index (χ4n) is 3.48. The quantitative estimate of drug-likeness (QED) is 0.867. The molecule has 0 atom stereocenters. The number of likely N-dealkylation sites (tertiary alicyclic amines) is 1. The first-order chi connectivity index (χ1) is 12.6. The molecule has 1 amide bonds. The Balaban J connectivity index is 1.44. The number of nitrogens with one attached hydrogen (secondary N) is 1. The van der Waals surface area contributed by atoms with Gasteiger partial charge in [0.15, 0.2) is 0 Å². The highest BCUT2D eigenvalue weighted by molar-refractivity contribution is 5.78. The maximum Gasteiger partial charge on any atom is 0.224 e. The topological polar surface area (TPSA) is 41.6 Å². The second-order valence-electron chi connectivity index (χ2n) is 7.09. The number of carbonyl (C=O) groups is 1. The van der Waals surface area contributed by atoms with E-state index in [4.69, 9.17) is 4.74 Å². The molecule has 0 spiro atoms. The molecule has 1 N–H and O–H groups in total. The number of nitrogens with zero attached hydrogens (tertiary/aromatic N) is 1. The summed E-state index contributed by atoms with van der Waals surface area (Å²) in [5.74, 6) is 1.07. The molecular weight excluding hydrogens is 324 g/mol. The smallest absolute Gasteiger partial charge is 0.224 e. The molecule has 0 aromatic heterocycles. The Morgan fingerprint density at radius 1 is 1.12 bits per heavy atom. The minimum absolute atomic E-state index is 0.122. The number of aryl methyl sites for hydroxylation is 1. The van der Waals surface area contributed by atoms with Crippen LogP contribution in [-0.4, -0.2) is 37.0 Å². The molecule has 4 nitrogen and oxygen atoms in total. The number of para-hydroxylation sites is 1. The highest BCUT2D eigenvalue weighted by Crippen LogP contribution is 2.21. The van der Waals surface area contributed by atoms with Crippen LogP contribution in [0.15, 0.2) is 48.5 Å². The number of rotatable bonds is 6. The normalized spacial score (nSPS) is 15.6. The van der Waals surface area contributed by atoms with E-state index in [9.17, 15) is 4.79 Å². The lowest BCUT2D eigenvalue weighted by molar-refractivity contribution is -0.121. The third-order valence-corrected chi connectivity index (χ3v) is 5.02. The lowest BCUT2D eigenvalue weighted by Gasteiger charge is -2.32. The molecule has 26 heavy (non-hydrogen) atoms. The first-order valence-corrected chi connectivity index (χ1v) is 9.33. The van der Waals surface area contributed by atoms with Crippen LogP contribution in [0.5, 0.6) is 5.75 Å². The van der Waals surface area contributed by atoms with E-state index in [0.717, 1.165) is 43.8 Å². The molecule has 1 saturated heterocycles. The number of ether oxygens (including phenoxy) is 1. The molecular formula is C22H28N2O2. The summed E-state index contributed by atoms with van der Waals surface area (Å²) in [6.45, 7) is 4.94. The van der Waals surface area contributed by atoms with Gasteiger partial charge in [0.1, 0.15) is 5.75 Å². The van der Waals surface area contributed by atoms with E-state index in [1.54, 1.807) is 7.11 Å². The molecule has 1 aliphatic rings. The molecule has 1 heterocycles. The summed E-state index contributed by atoms with van der Waals surface area (Å²) in [6.07, 6.45) is 2.45. The number of carbonyl (C=O) groups excluding carboxylic acids is 1. The van der Waals surface area contributed by atoms with Gasteiger partial charge in [-0.2, -0.15) is 0 Å². The molecule has 1 aliphatic heterocycles. The fraction of sp³-hybridized carbons (Fsp3) is 0.409. The molecule has 4 heteroatoms. The van der Waals surface area contributed by atoms with E-state index in [2.05, 4.69) is 41.4 Å². The molecule has 0 radical (unpaired) electrons. The van der Waals surface area contributed by atoms with E-state index in [-0.39, 0.29) is 11.9 Å². The summed E-state index contributed by atoms with van der Waals surface area (Å²) in [4.78, 5) is 14.7. The zero-order chi connectivity index (χ0) is 18.4. The van der Waals surface area contributed by atoms with E-state index in [1.807, 2.05) is 24.3 Å². The third kappa shape index (κ3) is 5.09. The average Bonchev–Trinajstić information content (AvgIpc) is 2.65. The number of methoxy groups -OCH3 is 1. The maximum absolute atomic E-state index is 12.3. The lowest BCUT2D eigenvalue weighted by Crippen LogP contribution is -2.44. The minimum atomic E-state index is 0.122. The molecule has 0 saturated carbocycles.